The van der Waals surface area contributed by atoms with Crippen LogP contribution in [0.15, 0.2) is 60.7 Å². The van der Waals surface area contributed by atoms with E-state index in [9.17, 15) is 9.90 Å². The van der Waals surface area contributed by atoms with Gasteiger partial charge in [-0.3, -0.25) is 9.69 Å². The van der Waals surface area contributed by atoms with E-state index in [1.807, 2.05) is 72.4 Å². The van der Waals surface area contributed by atoms with Gasteiger partial charge in [-0.15, -0.1) is 0 Å². The first kappa shape index (κ1) is 23.3. The van der Waals surface area contributed by atoms with E-state index in [0.29, 0.717) is 24.7 Å². The topological polar surface area (TPSA) is 49.8 Å². The first-order chi connectivity index (χ1) is 15.6. The van der Waals surface area contributed by atoms with Crippen molar-refractivity contribution in [3.05, 3.63) is 71.8 Å². The van der Waals surface area contributed by atoms with E-state index in [1.54, 1.807) is 4.90 Å². The third-order valence-corrected chi connectivity index (χ3v) is 8.22. The third kappa shape index (κ3) is 5.72. The molecule has 2 aromatic rings. The molecule has 0 aliphatic carbocycles. The Balaban J connectivity index is 1.53. The Morgan fingerprint density at radius 1 is 1.12 bits per heavy atom. The van der Waals surface area contributed by atoms with Crippen LogP contribution in [0.4, 0.5) is 0 Å². The van der Waals surface area contributed by atoms with Crippen LogP contribution in [0.1, 0.15) is 49.3 Å². The van der Waals surface area contributed by atoms with Crippen molar-refractivity contribution in [2.45, 2.75) is 55.9 Å². The van der Waals surface area contributed by atoms with Crippen LogP contribution in [0.25, 0.3) is 0 Å². The fraction of sp³-hybridized carbons (Fsp3) is 0.462. The number of carbonyl (C=O) groups excluding carboxylic acids is 1. The predicted octanol–water partition coefficient (Wildman–Crippen LogP) is 5.16. The van der Waals surface area contributed by atoms with Crippen LogP contribution in [0.5, 0.6) is 0 Å². The van der Waals surface area contributed by atoms with Gasteiger partial charge in [0.1, 0.15) is 6.61 Å². The van der Waals surface area contributed by atoms with Gasteiger partial charge in [-0.2, -0.15) is 11.8 Å². The van der Waals surface area contributed by atoms with Crippen LogP contribution in [-0.4, -0.2) is 44.8 Å². The summed E-state index contributed by atoms with van der Waals surface area (Å²) in [5.41, 5.74) is 2.03. The number of amides is 1. The minimum atomic E-state index is -0.718. The number of thiocarbonyl (C=S) groups is 1. The normalized spacial score (nSPS) is 22.9. The standard InChI is InChI=1S/C26H31NO3S2/c28-24(15-14-21-13-7-8-16-32-21)22(17-19-9-3-1-4-10-19)25(29)27-23(18-30-26(27)31)20-11-5-2-6-12-20/h1-6,9-12,21-24,28H,7-8,13-18H2/t21?,22-,23+,24+/m0/s1. The van der Waals surface area contributed by atoms with E-state index in [2.05, 4.69) is 0 Å². The first-order valence-electron chi connectivity index (χ1n) is 11.5. The summed E-state index contributed by atoms with van der Waals surface area (Å²) in [6.45, 7) is 0.349. The van der Waals surface area contributed by atoms with Gasteiger partial charge in [-0.25, -0.2) is 0 Å². The molecule has 2 aliphatic rings. The van der Waals surface area contributed by atoms with Gasteiger partial charge in [-0.05, 0) is 61.2 Å². The highest BCUT2D eigenvalue weighted by Gasteiger charge is 2.41. The maximum Gasteiger partial charge on any atom is 0.266 e. The average Bonchev–Trinajstić information content (AvgIpc) is 3.24. The summed E-state index contributed by atoms with van der Waals surface area (Å²) in [4.78, 5) is 15.4. The Morgan fingerprint density at radius 2 is 1.84 bits per heavy atom. The third-order valence-electron chi connectivity index (χ3n) is 6.43. The number of hydrogen-bond donors (Lipinski definition) is 1. The molecule has 2 fully saturated rings. The smallest absolute Gasteiger partial charge is 0.266 e. The van der Waals surface area contributed by atoms with E-state index in [4.69, 9.17) is 17.0 Å². The molecule has 1 N–H and O–H groups in total. The molecule has 1 unspecified atom stereocenters. The van der Waals surface area contributed by atoms with E-state index < -0.39 is 12.0 Å². The highest BCUT2D eigenvalue weighted by Crippen LogP contribution is 2.33. The number of carbonyl (C=O) groups is 1. The predicted molar refractivity (Wildman–Crippen MR) is 134 cm³/mol. The fourth-order valence-corrected chi connectivity index (χ4v) is 6.24. The Bertz CT molecular complexity index is 886. The van der Waals surface area contributed by atoms with Gasteiger partial charge >= 0.3 is 0 Å². The summed E-state index contributed by atoms with van der Waals surface area (Å²) >= 11 is 7.43. The zero-order chi connectivity index (χ0) is 22.3. The van der Waals surface area contributed by atoms with Gasteiger partial charge in [-0.1, -0.05) is 67.1 Å². The Morgan fingerprint density at radius 3 is 2.53 bits per heavy atom. The largest absolute Gasteiger partial charge is 0.468 e. The molecule has 0 saturated carbocycles. The number of nitrogens with zero attached hydrogens (tertiary/aromatic N) is 1. The number of aliphatic hydroxyl groups excluding tert-OH is 1. The Kier molecular flexibility index (Phi) is 8.22. The quantitative estimate of drug-likeness (QED) is 0.542. The Labute approximate surface area is 200 Å². The van der Waals surface area contributed by atoms with Crippen molar-refractivity contribution < 1.29 is 14.6 Å². The molecule has 0 aromatic heterocycles. The molecule has 2 saturated heterocycles. The maximum absolute atomic E-state index is 13.8. The van der Waals surface area contributed by atoms with Gasteiger partial charge in [0.15, 0.2) is 0 Å². The molecule has 6 heteroatoms. The molecule has 170 valence electrons. The number of benzene rings is 2. The van der Waals surface area contributed by atoms with Crippen molar-refractivity contribution in [1.29, 1.82) is 0 Å². The monoisotopic (exact) mass is 469 g/mol. The van der Waals surface area contributed by atoms with Crippen molar-refractivity contribution >= 4 is 35.1 Å². The number of ether oxygens (including phenoxy) is 1. The molecule has 32 heavy (non-hydrogen) atoms. The summed E-state index contributed by atoms with van der Waals surface area (Å²) in [7, 11) is 0. The summed E-state index contributed by atoms with van der Waals surface area (Å²) < 4.78 is 5.64. The highest BCUT2D eigenvalue weighted by atomic mass is 32.2. The molecule has 2 aliphatic heterocycles. The minimum Gasteiger partial charge on any atom is -0.468 e. The lowest BCUT2D eigenvalue weighted by Crippen LogP contribution is -2.44. The van der Waals surface area contributed by atoms with Gasteiger partial charge in [0.05, 0.1) is 18.1 Å². The zero-order valence-electron chi connectivity index (χ0n) is 18.3. The van der Waals surface area contributed by atoms with Crippen LogP contribution in [0, 0.1) is 5.92 Å². The lowest BCUT2D eigenvalue weighted by atomic mass is 9.89. The molecule has 0 radical (unpaired) electrons. The second-order valence-corrected chi connectivity index (χ2v) is 10.4. The number of aliphatic hydroxyl groups is 1. The van der Waals surface area contributed by atoms with E-state index in [0.717, 1.165) is 17.5 Å². The molecular weight excluding hydrogens is 438 g/mol. The number of rotatable bonds is 8. The summed E-state index contributed by atoms with van der Waals surface area (Å²) in [5, 5.41) is 12.0. The zero-order valence-corrected chi connectivity index (χ0v) is 19.9. The Hall–Kier alpha value is -1.89. The summed E-state index contributed by atoms with van der Waals surface area (Å²) in [5.74, 6) is 0.497. The van der Waals surface area contributed by atoms with Crippen LogP contribution in [0.3, 0.4) is 0 Å². The molecule has 4 nitrogen and oxygen atoms in total. The highest BCUT2D eigenvalue weighted by molar-refractivity contribution is 7.99. The molecule has 0 bridgehead atoms. The second-order valence-electron chi connectivity index (χ2n) is 8.64. The number of hydrogen-bond acceptors (Lipinski definition) is 5. The number of thioether (sulfide) groups is 1. The van der Waals surface area contributed by atoms with E-state index in [1.165, 1.54) is 25.0 Å². The summed E-state index contributed by atoms with van der Waals surface area (Å²) in [6, 6.07) is 19.5. The minimum absolute atomic E-state index is 0.144. The van der Waals surface area contributed by atoms with E-state index >= 15 is 0 Å². The molecule has 1 amide bonds. The van der Waals surface area contributed by atoms with Crippen molar-refractivity contribution in [3.8, 4) is 0 Å². The lowest BCUT2D eigenvalue weighted by molar-refractivity contribution is -0.136. The van der Waals surface area contributed by atoms with Crippen LogP contribution in [0.2, 0.25) is 0 Å². The van der Waals surface area contributed by atoms with Gasteiger partial charge in [0.25, 0.3) is 5.17 Å². The van der Waals surface area contributed by atoms with Crippen LogP contribution in [-0.2, 0) is 16.0 Å². The molecule has 4 atom stereocenters. The van der Waals surface area contributed by atoms with Crippen molar-refractivity contribution in [2.24, 2.45) is 5.92 Å². The molecular formula is C26H31NO3S2. The van der Waals surface area contributed by atoms with E-state index in [-0.39, 0.29) is 17.1 Å². The average molecular weight is 470 g/mol. The van der Waals surface area contributed by atoms with Crippen molar-refractivity contribution in [2.75, 3.05) is 12.4 Å². The maximum atomic E-state index is 13.8. The SMILES string of the molecule is O=C([C@@H](Cc1ccccc1)[C@H](O)CCC1CCCCS1)N1C(=S)OC[C@@H]1c1ccccc1. The van der Waals surface area contributed by atoms with Crippen molar-refractivity contribution in [1.82, 2.24) is 4.90 Å². The van der Waals surface area contributed by atoms with Crippen LogP contribution >= 0.6 is 24.0 Å². The van der Waals surface area contributed by atoms with Gasteiger partial charge in [0.2, 0.25) is 5.91 Å². The fourth-order valence-electron chi connectivity index (χ4n) is 4.61. The molecule has 4 rings (SSSR count). The molecule has 2 aromatic carbocycles. The molecule has 2 heterocycles. The van der Waals surface area contributed by atoms with Crippen LogP contribution < -0.4 is 0 Å². The lowest BCUT2D eigenvalue weighted by Gasteiger charge is -2.30. The first-order valence-corrected chi connectivity index (χ1v) is 13.0. The van der Waals surface area contributed by atoms with Crippen molar-refractivity contribution in [3.63, 3.8) is 0 Å². The second kappa shape index (κ2) is 11.3. The van der Waals surface area contributed by atoms with Gasteiger partial charge in [0, 0.05) is 5.25 Å². The van der Waals surface area contributed by atoms with Gasteiger partial charge < -0.3 is 9.84 Å². The summed E-state index contributed by atoms with van der Waals surface area (Å²) in [6.07, 6.45) is 5.08. The molecule has 0 spiro atoms.